The zero-order valence-electron chi connectivity index (χ0n) is 22.2. The van der Waals surface area contributed by atoms with Gasteiger partial charge in [0.2, 0.25) is 11.6 Å². The lowest BCUT2D eigenvalue weighted by atomic mass is 9.75. The van der Waals surface area contributed by atoms with E-state index in [0.717, 1.165) is 25.7 Å². The number of fused-ring (bicyclic) bond motifs is 4. The van der Waals surface area contributed by atoms with Gasteiger partial charge in [0.05, 0.1) is 18.3 Å². The molecule has 9 atom stereocenters. The lowest BCUT2D eigenvalue weighted by molar-refractivity contribution is -0.164. The largest absolute Gasteiger partial charge is 0.504 e. The summed E-state index contributed by atoms with van der Waals surface area (Å²) in [5.74, 6) is -2.16. The summed E-state index contributed by atoms with van der Waals surface area (Å²) in [4.78, 5) is 13.0. The normalized spacial score (nSPS) is 44.5. The average molecular weight is 487 g/mol. The van der Waals surface area contributed by atoms with Crippen molar-refractivity contribution in [2.24, 2.45) is 29.6 Å². The highest BCUT2D eigenvalue weighted by atomic mass is 16.6. The standard InChI is InChI=1S/C29H42O6/c1-14-8-9-22-18(5)24(30)19(6)28(34-22)23-21-13-29(33,17(4)12-16(3)11-15(2)10-14)35-27(21)20(7)25(31)26(23)32/h10,13-14,16-19,22,24,28,30,32-33H,8-9,11-12H2,1-7H3/b15-10+/t14-,16+,17-,18-,19+,22+,24-,28+,29+/m1/s1. The molecule has 4 rings (SSSR count). The molecule has 0 saturated carbocycles. The number of carbonyl (C=O) groups excluding carboxylic acids is 1. The number of aliphatic hydroxyl groups excluding tert-OH is 2. The number of rotatable bonds is 0. The van der Waals surface area contributed by atoms with Crippen molar-refractivity contribution in [2.45, 2.75) is 98.2 Å². The maximum Gasteiger partial charge on any atom is 0.231 e. The Kier molecular flexibility index (Phi) is 7.13. The van der Waals surface area contributed by atoms with Gasteiger partial charge < -0.3 is 24.8 Å². The second-order valence-electron chi connectivity index (χ2n) is 11.8. The van der Waals surface area contributed by atoms with E-state index in [4.69, 9.17) is 9.47 Å². The van der Waals surface area contributed by atoms with E-state index in [-0.39, 0.29) is 35.2 Å². The molecule has 0 aromatic rings. The topological polar surface area (TPSA) is 96.2 Å². The van der Waals surface area contributed by atoms with Crippen molar-refractivity contribution in [2.75, 3.05) is 0 Å². The first-order valence-electron chi connectivity index (χ1n) is 13.2. The smallest absolute Gasteiger partial charge is 0.231 e. The molecule has 4 bridgehead atoms. The van der Waals surface area contributed by atoms with E-state index in [1.54, 1.807) is 13.0 Å². The van der Waals surface area contributed by atoms with Gasteiger partial charge in [0, 0.05) is 34.5 Å². The monoisotopic (exact) mass is 486 g/mol. The second kappa shape index (κ2) is 9.53. The molecule has 3 heterocycles. The van der Waals surface area contributed by atoms with Crippen molar-refractivity contribution < 1.29 is 29.6 Å². The second-order valence-corrected chi connectivity index (χ2v) is 11.8. The Bertz CT molecular complexity index is 1000. The Morgan fingerprint density at radius 1 is 1.06 bits per heavy atom. The first-order valence-corrected chi connectivity index (χ1v) is 13.2. The van der Waals surface area contributed by atoms with Crippen LogP contribution in [0.25, 0.3) is 0 Å². The van der Waals surface area contributed by atoms with E-state index < -0.39 is 23.8 Å². The van der Waals surface area contributed by atoms with Crippen LogP contribution in [0.1, 0.15) is 74.1 Å². The third-order valence-corrected chi connectivity index (χ3v) is 8.66. The molecule has 0 amide bonds. The molecule has 0 aromatic carbocycles. The van der Waals surface area contributed by atoms with E-state index in [2.05, 4.69) is 26.8 Å². The van der Waals surface area contributed by atoms with Crippen LogP contribution >= 0.6 is 0 Å². The SMILES string of the molecule is CC1=C2O[C@@]3(O)C=C2C(=C(O)C1=O)[C@H]1O[C@@H](CC[C@@H](C)/C=C(\C)C[C@H](C)C[C@H]3C)[C@@H](C)[C@@H](O)[C@@H]1C. The van der Waals surface area contributed by atoms with Crippen molar-refractivity contribution in [3.05, 3.63) is 46.0 Å². The van der Waals surface area contributed by atoms with Crippen LogP contribution in [0.2, 0.25) is 0 Å². The molecule has 35 heavy (non-hydrogen) atoms. The number of ketones is 1. The van der Waals surface area contributed by atoms with Crippen LogP contribution in [-0.2, 0) is 14.3 Å². The third-order valence-electron chi connectivity index (χ3n) is 8.66. The summed E-state index contributed by atoms with van der Waals surface area (Å²) < 4.78 is 12.7. The molecule has 1 aliphatic carbocycles. The molecular weight excluding hydrogens is 444 g/mol. The van der Waals surface area contributed by atoms with Crippen molar-refractivity contribution in [1.82, 2.24) is 0 Å². The van der Waals surface area contributed by atoms with Crippen LogP contribution in [0.4, 0.5) is 0 Å². The zero-order valence-corrected chi connectivity index (χ0v) is 22.2. The van der Waals surface area contributed by atoms with Crippen molar-refractivity contribution >= 4 is 5.78 Å². The highest BCUT2D eigenvalue weighted by Crippen LogP contribution is 2.49. The molecule has 3 N–H and O–H groups in total. The van der Waals surface area contributed by atoms with Gasteiger partial charge in [-0.05, 0) is 57.4 Å². The van der Waals surface area contributed by atoms with Crippen molar-refractivity contribution in [3.63, 3.8) is 0 Å². The van der Waals surface area contributed by atoms with Gasteiger partial charge in [-0.15, -0.1) is 0 Å². The van der Waals surface area contributed by atoms with E-state index in [0.29, 0.717) is 28.7 Å². The first kappa shape index (κ1) is 26.2. The van der Waals surface area contributed by atoms with Crippen LogP contribution < -0.4 is 0 Å². The zero-order chi connectivity index (χ0) is 25.8. The summed E-state index contributed by atoms with van der Waals surface area (Å²) >= 11 is 0. The van der Waals surface area contributed by atoms with E-state index in [1.807, 2.05) is 20.8 Å². The number of allylic oxidation sites excluding steroid dienone is 4. The number of hydrogen-bond acceptors (Lipinski definition) is 6. The Morgan fingerprint density at radius 2 is 1.74 bits per heavy atom. The number of ether oxygens (including phenoxy) is 2. The predicted molar refractivity (Wildman–Crippen MR) is 134 cm³/mol. The lowest BCUT2D eigenvalue weighted by Crippen LogP contribution is -2.50. The molecule has 0 aromatic heterocycles. The molecule has 6 nitrogen and oxygen atoms in total. The fraction of sp³-hybridized carbons (Fsp3) is 0.690. The summed E-state index contributed by atoms with van der Waals surface area (Å²) in [5.41, 5.74) is 2.44. The summed E-state index contributed by atoms with van der Waals surface area (Å²) in [6.45, 7) is 14.0. The van der Waals surface area contributed by atoms with Crippen LogP contribution in [0.15, 0.2) is 46.0 Å². The maximum atomic E-state index is 13.0. The van der Waals surface area contributed by atoms with Gasteiger partial charge >= 0.3 is 0 Å². The number of carbonyl (C=O) groups is 1. The molecule has 1 fully saturated rings. The van der Waals surface area contributed by atoms with E-state index in [1.165, 1.54) is 5.57 Å². The Morgan fingerprint density at radius 3 is 2.43 bits per heavy atom. The average Bonchev–Trinajstić information content (AvgIpc) is 3.14. The Balaban J connectivity index is 1.83. The predicted octanol–water partition coefficient (Wildman–Crippen LogP) is 5.13. The van der Waals surface area contributed by atoms with Gasteiger partial charge in [0.15, 0.2) is 5.76 Å². The molecule has 0 radical (unpaired) electrons. The number of Topliss-reactive ketones (excluding diaryl/α,β-unsaturated/α-hetero) is 1. The lowest BCUT2D eigenvalue weighted by Gasteiger charge is -2.44. The quantitative estimate of drug-likeness (QED) is 0.411. The van der Waals surface area contributed by atoms with Crippen molar-refractivity contribution in [1.29, 1.82) is 0 Å². The molecule has 6 heteroatoms. The van der Waals surface area contributed by atoms with Crippen LogP contribution in [0.3, 0.4) is 0 Å². The first-order chi connectivity index (χ1) is 16.3. The van der Waals surface area contributed by atoms with Gasteiger partial charge in [0.25, 0.3) is 0 Å². The Hall–Kier alpha value is -1.89. The number of aliphatic hydroxyl groups is 3. The highest BCUT2D eigenvalue weighted by Gasteiger charge is 2.51. The fourth-order valence-corrected chi connectivity index (χ4v) is 6.51. The van der Waals surface area contributed by atoms with E-state index in [9.17, 15) is 20.1 Å². The third kappa shape index (κ3) is 4.65. The van der Waals surface area contributed by atoms with Gasteiger partial charge in [-0.1, -0.05) is 46.3 Å². The van der Waals surface area contributed by atoms with Gasteiger partial charge in [-0.25, -0.2) is 0 Å². The summed E-state index contributed by atoms with van der Waals surface area (Å²) in [7, 11) is 0. The molecule has 1 saturated heterocycles. The molecule has 3 aliphatic heterocycles. The van der Waals surface area contributed by atoms with Crippen LogP contribution in [0.5, 0.6) is 0 Å². The van der Waals surface area contributed by atoms with Gasteiger partial charge in [-0.3, -0.25) is 4.79 Å². The van der Waals surface area contributed by atoms with Crippen molar-refractivity contribution in [3.8, 4) is 0 Å². The van der Waals surface area contributed by atoms with E-state index >= 15 is 0 Å². The molecule has 4 aliphatic rings. The minimum atomic E-state index is -1.60. The van der Waals surface area contributed by atoms with Gasteiger partial charge in [0.1, 0.15) is 5.76 Å². The van der Waals surface area contributed by atoms with Crippen LogP contribution in [-0.4, -0.2) is 45.2 Å². The molecule has 0 unspecified atom stereocenters. The molecule has 0 spiro atoms. The number of hydrogen-bond donors (Lipinski definition) is 3. The minimum absolute atomic E-state index is 0.0815. The summed E-state index contributed by atoms with van der Waals surface area (Å²) in [6.07, 6.45) is 5.76. The summed E-state index contributed by atoms with van der Waals surface area (Å²) in [6, 6.07) is 0. The summed E-state index contributed by atoms with van der Waals surface area (Å²) in [5, 5.41) is 33.8. The van der Waals surface area contributed by atoms with Crippen LogP contribution in [0, 0.1) is 29.6 Å². The Labute approximate surface area is 209 Å². The van der Waals surface area contributed by atoms with Gasteiger partial charge in [-0.2, -0.15) is 0 Å². The fourth-order valence-electron chi connectivity index (χ4n) is 6.51. The minimum Gasteiger partial charge on any atom is -0.504 e. The molecule has 194 valence electrons. The highest BCUT2D eigenvalue weighted by molar-refractivity contribution is 6.10. The molecular formula is C29H42O6. The maximum absolute atomic E-state index is 13.0.